The van der Waals surface area contributed by atoms with Crippen LogP contribution in [0.4, 0.5) is 5.82 Å². The third-order valence-electron chi connectivity index (χ3n) is 4.05. The van der Waals surface area contributed by atoms with Crippen molar-refractivity contribution in [2.45, 2.75) is 58.5 Å². The van der Waals surface area contributed by atoms with Gasteiger partial charge in [0.05, 0.1) is 10.7 Å². The number of nitrogens with zero attached hydrogens (tertiary/aromatic N) is 2. The molecule has 1 atom stereocenters. The van der Waals surface area contributed by atoms with Crippen LogP contribution in [0.15, 0.2) is 12.1 Å². The maximum atomic E-state index is 6.32. The first-order chi connectivity index (χ1) is 9.74. The van der Waals surface area contributed by atoms with Crippen molar-refractivity contribution in [2.24, 2.45) is 0 Å². The second-order valence-electron chi connectivity index (χ2n) is 5.58. The molecule has 1 saturated heterocycles. The Morgan fingerprint density at radius 3 is 2.95 bits per heavy atom. The van der Waals surface area contributed by atoms with Gasteiger partial charge in [-0.2, -0.15) is 0 Å². The molecule has 2 rings (SSSR count). The standard InChI is InChI=1S/C16H26ClN3/c1-3-10-18-16-9-8-14(17)15(19-16)12-20-11-6-5-7-13(20)4-2/h8-9,13H,3-7,10-12H2,1-2H3,(H,18,19). The number of nitrogens with one attached hydrogen (secondary N) is 1. The van der Waals surface area contributed by atoms with Crippen molar-refractivity contribution in [1.29, 1.82) is 0 Å². The van der Waals surface area contributed by atoms with Crippen LogP contribution in [0.1, 0.15) is 51.6 Å². The summed E-state index contributed by atoms with van der Waals surface area (Å²) in [6, 6.07) is 4.62. The molecule has 1 fully saturated rings. The minimum Gasteiger partial charge on any atom is -0.370 e. The Bertz CT molecular complexity index is 422. The number of rotatable bonds is 6. The minimum atomic E-state index is 0.689. The van der Waals surface area contributed by atoms with E-state index in [-0.39, 0.29) is 0 Å². The first kappa shape index (κ1) is 15.6. The van der Waals surface area contributed by atoms with Crippen LogP contribution in [0.5, 0.6) is 0 Å². The van der Waals surface area contributed by atoms with Gasteiger partial charge in [-0.05, 0) is 44.4 Å². The molecule has 0 spiro atoms. The first-order valence-electron chi connectivity index (χ1n) is 7.88. The largest absolute Gasteiger partial charge is 0.370 e. The molecular formula is C16H26ClN3. The number of anilines is 1. The van der Waals surface area contributed by atoms with E-state index in [0.717, 1.165) is 36.0 Å². The number of hydrogen-bond acceptors (Lipinski definition) is 3. The van der Waals surface area contributed by atoms with E-state index in [0.29, 0.717) is 6.04 Å². The molecule has 1 N–H and O–H groups in total. The van der Waals surface area contributed by atoms with Crippen molar-refractivity contribution in [3.05, 3.63) is 22.8 Å². The fourth-order valence-electron chi connectivity index (χ4n) is 2.87. The van der Waals surface area contributed by atoms with Gasteiger partial charge in [0, 0.05) is 19.1 Å². The summed E-state index contributed by atoms with van der Waals surface area (Å²) in [5.41, 5.74) is 1.01. The molecule has 0 amide bonds. The highest BCUT2D eigenvalue weighted by atomic mass is 35.5. The Labute approximate surface area is 127 Å². The number of aromatic nitrogens is 1. The second-order valence-corrected chi connectivity index (χ2v) is 5.99. The summed E-state index contributed by atoms with van der Waals surface area (Å²) >= 11 is 6.32. The average molecular weight is 296 g/mol. The van der Waals surface area contributed by atoms with Gasteiger partial charge >= 0.3 is 0 Å². The van der Waals surface area contributed by atoms with E-state index in [4.69, 9.17) is 11.6 Å². The highest BCUT2D eigenvalue weighted by molar-refractivity contribution is 6.31. The van der Waals surface area contributed by atoms with Crippen molar-refractivity contribution in [3.8, 4) is 0 Å². The second kappa shape index (κ2) is 7.84. The van der Waals surface area contributed by atoms with Gasteiger partial charge in [-0.1, -0.05) is 31.9 Å². The molecule has 2 heterocycles. The Kier molecular flexibility index (Phi) is 6.11. The molecule has 1 aliphatic rings. The predicted molar refractivity (Wildman–Crippen MR) is 86.4 cm³/mol. The number of piperidine rings is 1. The normalized spacial score (nSPS) is 20.1. The zero-order chi connectivity index (χ0) is 14.4. The Balaban J connectivity index is 2.06. The van der Waals surface area contributed by atoms with Gasteiger partial charge in [-0.25, -0.2) is 4.98 Å². The van der Waals surface area contributed by atoms with Gasteiger partial charge in [0.25, 0.3) is 0 Å². The van der Waals surface area contributed by atoms with Crippen LogP contribution in [-0.4, -0.2) is 29.0 Å². The highest BCUT2D eigenvalue weighted by Gasteiger charge is 2.22. The number of halogens is 1. The fourth-order valence-corrected chi connectivity index (χ4v) is 3.03. The molecule has 1 unspecified atom stereocenters. The molecule has 4 heteroatoms. The third kappa shape index (κ3) is 4.10. The van der Waals surface area contributed by atoms with E-state index in [1.54, 1.807) is 0 Å². The van der Waals surface area contributed by atoms with Crippen molar-refractivity contribution >= 4 is 17.4 Å². The molecule has 1 aromatic rings. The molecule has 0 aromatic carbocycles. The zero-order valence-corrected chi connectivity index (χ0v) is 13.4. The molecule has 3 nitrogen and oxygen atoms in total. The van der Waals surface area contributed by atoms with E-state index in [1.165, 1.54) is 32.2 Å². The van der Waals surface area contributed by atoms with Gasteiger partial charge in [0.2, 0.25) is 0 Å². The quantitative estimate of drug-likeness (QED) is 0.847. The van der Waals surface area contributed by atoms with Crippen molar-refractivity contribution in [3.63, 3.8) is 0 Å². The molecule has 1 aromatic heterocycles. The monoisotopic (exact) mass is 295 g/mol. The summed E-state index contributed by atoms with van der Waals surface area (Å²) in [7, 11) is 0. The zero-order valence-electron chi connectivity index (χ0n) is 12.7. The summed E-state index contributed by atoms with van der Waals surface area (Å²) in [5, 5.41) is 4.12. The molecular weight excluding hydrogens is 270 g/mol. The number of likely N-dealkylation sites (tertiary alicyclic amines) is 1. The van der Waals surface area contributed by atoms with Crippen LogP contribution in [0.3, 0.4) is 0 Å². The number of pyridine rings is 1. The van der Waals surface area contributed by atoms with Crippen LogP contribution >= 0.6 is 11.6 Å². The highest BCUT2D eigenvalue weighted by Crippen LogP contribution is 2.24. The fraction of sp³-hybridized carbons (Fsp3) is 0.688. The summed E-state index contributed by atoms with van der Waals surface area (Å²) in [6.07, 6.45) is 6.27. The van der Waals surface area contributed by atoms with E-state index in [9.17, 15) is 0 Å². The molecule has 0 saturated carbocycles. The Hall–Kier alpha value is -0.800. The topological polar surface area (TPSA) is 28.2 Å². The van der Waals surface area contributed by atoms with Crippen molar-refractivity contribution < 1.29 is 0 Å². The van der Waals surface area contributed by atoms with Crippen LogP contribution in [0, 0.1) is 0 Å². The van der Waals surface area contributed by atoms with Crippen LogP contribution < -0.4 is 5.32 Å². The van der Waals surface area contributed by atoms with E-state index >= 15 is 0 Å². The maximum Gasteiger partial charge on any atom is 0.126 e. The van der Waals surface area contributed by atoms with Gasteiger partial charge in [0.1, 0.15) is 5.82 Å². The van der Waals surface area contributed by atoms with Gasteiger partial charge in [-0.15, -0.1) is 0 Å². The lowest BCUT2D eigenvalue weighted by Crippen LogP contribution is -2.38. The minimum absolute atomic E-state index is 0.689. The van der Waals surface area contributed by atoms with Crippen LogP contribution in [0.2, 0.25) is 5.02 Å². The lowest BCUT2D eigenvalue weighted by molar-refractivity contribution is 0.134. The molecule has 0 radical (unpaired) electrons. The van der Waals surface area contributed by atoms with Crippen molar-refractivity contribution in [2.75, 3.05) is 18.4 Å². The van der Waals surface area contributed by atoms with E-state index in [2.05, 4.69) is 29.0 Å². The summed E-state index contributed by atoms with van der Waals surface area (Å²) < 4.78 is 0. The summed E-state index contributed by atoms with van der Waals surface area (Å²) in [5.74, 6) is 0.941. The van der Waals surface area contributed by atoms with Crippen LogP contribution in [-0.2, 0) is 6.54 Å². The van der Waals surface area contributed by atoms with Crippen molar-refractivity contribution in [1.82, 2.24) is 9.88 Å². The first-order valence-corrected chi connectivity index (χ1v) is 8.25. The number of hydrogen-bond donors (Lipinski definition) is 1. The van der Waals surface area contributed by atoms with E-state index in [1.807, 2.05) is 12.1 Å². The lowest BCUT2D eigenvalue weighted by Gasteiger charge is -2.35. The third-order valence-corrected chi connectivity index (χ3v) is 4.39. The molecule has 0 bridgehead atoms. The summed E-state index contributed by atoms with van der Waals surface area (Å²) in [4.78, 5) is 7.23. The SMILES string of the molecule is CCCNc1ccc(Cl)c(CN2CCCCC2CC)n1. The van der Waals surface area contributed by atoms with Crippen LogP contribution in [0.25, 0.3) is 0 Å². The Morgan fingerprint density at radius 2 is 2.20 bits per heavy atom. The lowest BCUT2D eigenvalue weighted by atomic mass is 10.00. The van der Waals surface area contributed by atoms with E-state index < -0.39 is 0 Å². The Morgan fingerprint density at radius 1 is 1.35 bits per heavy atom. The molecule has 1 aliphatic heterocycles. The van der Waals surface area contributed by atoms with Gasteiger partial charge < -0.3 is 5.32 Å². The predicted octanol–water partition coefficient (Wildman–Crippen LogP) is 4.32. The molecule has 20 heavy (non-hydrogen) atoms. The average Bonchev–Trinajstić information content (AvgIpc) is 2.48. The van der Waals surface area contributed by atoms with Gasteiger partial charge in [-0.3, -0.25) is 4.90 Å². The molecule has 112 valence electrons. The smallest absolute Gasteiger partial charge is 0.126 e. The maximum absolute atomic E-state index is 6.32. The summed E-state index contributed by atoms with van der Waals surface area (Å²) in [6.45, 7) is 7.43. The van der Waals surface area contributed by atoms with Gasteiger partial charge in [0.15, 0.2) is 0 Å². The molecule has 0 aliphatic carbocycles.